The van der Waals surface area contributed by atoms with Crippen molar-refractivity contribution in [1.82, 2.24) is 9.80 Å². The first-order chi connectivity index (χ1) is 35.5. The van der Waals surface area contributed by atoms with Crippen LogP contribution < -0.4 is 0 Å². The van der Waals surface area contributed by atoms with Gasteiger partial charge in [0.25, 0.3) is 0 Å². The summed E-state index contributed by atoms with van der Waals surface area (Å²) in [4.78, 5) is 54.7. The van der Waals surface area contributed by atoms with E-state index < -0.39 is 48.3 Å². The quantitative estimate of drug-likeness (QED) is 0.0255. The second-order valence-corrected chi connectivity index (χ2v) is 20.9. The Balaban J connectivity index is 5.28. The number of ether oxygens (including phenoxy) is 4. The Bertz CT molecular complexity index is 1080. The standard InChI is InChI=1S/C59H114N2O12/c1-5-9-13-17-21-25-32-38-44-70-56(66)52(62)48-60(49-53(63)57(67)71-45-39-33-26-22-18-14-10-6-2)42-36-30-29-31-37-43-61(50-54(64)58(68)72-46-40-34-27-23-19-15-11-7-3)51-55(65)59(69)73-47-41-35-28-24-20-16-12-8-4/h52-55,62-65H,5-51H2,1-4H3. The summed E-state index contributed by atoms with van der Waals surface area (Å²) >= 11 is 0. The largest absolute Gasteiger partial charge is 0.464 e. The van der Waals surface area contributed by atoms with E-state index in [-0.39, 0.29) is 52.6 Å². The molecule has 0 saturated heterocycles. The number of esters is 4. The van der Waals surface area contributed by atoms with Crippen molar-refractivity contribution in [3.8, 4) is 0 Å². The van der Waals surface area contributed by atoms with Gasteiger partial charge in [-0.3, -0.25) is 9.80 Å². The number of carbonyl (C=O) groups is 4. The van der Waals surface area contributed by atoms with Gasteiger partial charge >= 0.3 is 23.9 Å². The molecule has 14 nitrogen and oxygen atoms in total. The van der Waals surface area contributed by atoms with E-state index in [0.29, 0.717) is 25.9 Å². The predicted octanol–water partition coefficient (Wildman–Crippen LogP) is 11.7. The van der Waals surface area contributed by atoms with Crippen LogP contribution in [-0.4, -0.2) is 144 Å². The minimum atomic E-state index is -1.43. The number of carbonyl (C=O) groups excluding carboxylic acids is 4. The topological polar surface area (TPSA) is 193 Å². The number of hydrogen-bond donors (Lipinski definition) is 4. The Morgan fingerprint density at radius 3 is 0.630 bits per heavy atom. The lowest BCUT2D eigenvalue weighted by atomic mass is 10.1. The fourth-order valence-corrected chi connectivity index (χ4v) is 9.01. The molecule has 0 radical (unpaired) electrons. The van der Waals surface area contributed by atoms with Crippen LogP contribution in [0.3, 0.4) is 0 Å². The van der Waals surface area contributed by atoms with Crippen molar-refractivity contribution in [2.45, 2.75) is 290 Å². The van der Waals surface area contributed by atoms with E-state index in [4.69, 9.17) is 18.9 Å². The van der Waals surface area contributed by atoms with Gasteiger partial charge in [0.15, 0.2) is 24.4 Å². The summed E-state index contributed by atoms with van der Waals surface area (Å²) in [7, 11) is 0. The van der Waals surface area contributed by atoms with E-state index in [0.717, 1.165) is 122 Å². The summed E-state index contributed by atoms with van der Waals surface area (Å²) in [5.41, 5.74) is 0. The number of unbranched alkanes of at least 4 members (excludes halogenated alkanes) is 32. The van der Waals surface area contributed by atoms with Crippen molar-refractivity contribution in [2.24, 2.45) is 0 Å². The van der Waals surface area contributed by atoms with Gasteiger partial charge in [0.1, 0.15) is 0 Å². The molecule has 0 aliphatic carbocycles. The number of nitrogens with zero attached hydrogens (tertiary/aromatic N) is 2. The molecule has 0 aromatic carbocycles. The van der Waals surface area contributed by atoms with E-state index in [1.54, 1.807) is 9.80 Å². The summed E-state index contributed by atoms with van der Waals surface area (Å²) in [6.45, 7) is 10.2. The molecular weight excluding hydrogens is 929 g/mol. The molecule has 0 bridgehead atoms. The summed E-state index contributed by atoms with van der Waals surface area (Å²) in [6.07, 6.45) is 33.4. The van der Waals surface area contributed by atoms with Crippen molar-refractivity contribution in [2.75, 3.05) is 65.7 Å². The third-order valence-corrected chi connectivity index (χ3v) is 13.7. The number of rotatable bonds is 56. The second-order valence-electron chi connectivity index (χ2n) is 20.9. The van der Waals surface area contributed by atoms with Crippen LogP contribution in [0.4, 0.5) is 0 Å². The fourth-order valence-electron chi connectivity index (χ4n) is 9.01. The van der Waals surface area contributed by atoms with Crippen molar-refractivity contribution in [3.05, 3.63) is 0 Å². The van der Waals surface area contributed by atoms with Crippen LogP contribution >= 0.6 is 0 Å². The molecule has 0 saturated carbocycles. The third kappa shape index (κ3) is 45.5. The molecule has 73 heavy (non-hydrogen) atoms. The third-order valence-electron chi connectivity index (χ3n) is 13.7. The molecule has 0 amide bonds. The van der Waals surface area contributed by atoms with Gasteiger partial charge in [-0.25, -0.2) is 19.2 Å². The minimum Gasteiger partial charge on any atom is -0.464 e. The molecule has 432 valence electrons. The van der Waals surface area contributed by atoms with Crippen LogP contribution in [0.25, 0.3) is 0 Å². The van der Waals surface area contributed by atoms with Crippen LogP contribution in [0.2, 0.25) is 0 Å². The van der Waals surface area contributed by atoms with Crippen LogP contribution in [-0.2, 0) is 38.1 Å². The zero-order chi connectivity index (χ0) is 53.8. The average Bonchev–Trinajstić information content (AvgIpc) is 3.38. The molecule has 0 aromatic rings. The highest BCUT2D eigenvalue weighted by atomic mass is 16.6. The molecule has 0 aromatic heterocycles. The van der Waals surface area contributed by atoms with E-state index in [1.165, 1.54) is 103 Å². The summed E-state index contributed by atoms with van der Waals surface area (Å²) in [5.74, 6) is -2.86. The zero-order valence-electron chi connectivity index (χ0n) is 47.5. The smallest absolute Gasteiger partial charge is 0.336 e. The van der Waals surface area contributed by atoms with Gasteiger partial charge in [0.2, 0.25) is 0 Å². The monoisotopic (exact) mass is 1040 g/mol. The average molecular weight is 1040 g/mol. The lowest BCUT2D eigenvalue weighted by molar-refractivity contribution is -0.158. The molecule has 0 spiro atoms. The fraction of sp³-hybridized carbons (Fsp3) is 0.932. The van der Waals surface area contributed by atoms with Crippen molar-refractivity contribution in [3.63, 3.8) is 0 Å². The maximum Gasteiger partial charge on any atom is 0.336 e. The van der Waals surface area contributed by atoms with Gasteiger partial charge < -0.3 is 39.4 Å². The molecule has 14 heteroatoms. The highest BCUT2D eigenvalue weighted by Crippen LogP contribution is 2.14. The molecule has 4 atom stereocenters. The first-order valence-electron chi connectivity index (χ1n) is 30.3. The lowest BCUT2D eigenvalue weighted by Crippen LogP contribution is -2.44. The van der Waals surface area contributed by atoms with Crippen LogP contribution in [0.15, 0.2) is 0 Å². The molecule has 0 rings (SSSR count). The van der Waals surface area contributed by atoms with Crippen molar-refractivity contribution < 1.29 is 58.6 Å². The summed E-state index contributed by atoms with van der Waals surface area (Å²) in [6, 6.07) is 0. The normalized spacial score (nSPS) is 13.3. The molecule has 0 aliphatic heterocycles. The highest BCUT2D eigenvalue weighted by Gasteiger charge is 2.27. The predicted molar refractivity (Wildman–Crippen MR) is 294 cm³/mol. The SMILES string of the molecule is CCCCCCCCCCOC(=O)C(O)CN(CCCCCCCN(CC(O)C(=O)OCCCCCCCCCC)CC(O)C(=O)OCCCCCCCCCC)CC(O)C(=O)OCCCCCCCCCC. The first-order valence-corrected chi connectivity index (χ1v) is 30.3. The Morgan fingerprint density at radius 1 is 0.274 bits per heavy atom. The van der Waals surface area contributed by atoms with Crippen LogP contribution in [0.5, 0.6) is 0 Å². The lowest BCUT2D eigenvalue weighted by Gasteiger charge is -2.26. The van der Waals surface area contributed by atoms with E-state index >= 15 is 0 Å². The zero-order valence-corrected chi connectivity index (χ0v) is 47.5. The van der Waals surface area contributed by atoms with Gasteiger partial charge in [0, 0.05) is 26.2 Å². The van der Waals surface area contributed by atoms with Gasteiger partial charge in [-0.05, 0) is 51.6 Å². The molecule has 0 heterocycles. The summed E-state index contributed by atoms with van der Waals surface area (Å²) < 4.78 is 21.6. The van der Waals surface area contributed by atoms with Crippen molar-refractivity contribution >= 4 is 23.9 Å². The minimum absolute atomic E-state index is 0.0959. The van der Waals surface area contributed by atoms with E-state index in [1.807, 2.05) is 0 Å². The molecular formula is C59H114N2O12. The van der Waals surface area contributed by atoms with Gasteiger partial charge in [0.05, 0.1) is 26.4 Å². The molecule has 4 unspecified atom stereocenters. The molecule has 0 aliphatic rings. The van der Waals surface area contributed by atoms with Crippen LogP contribution in [0, 0.1) is 0 Å². The van der Waals surface area contributed by atoms with Crippen molar-refractivity contribution in [1.29, 1.82) is 0 Å². The molecule has 0 fully saturated rings. The Morgan fingerprint density at radius 2 is 0.438 bits per heavy atom. The highest BCUT2D eigenvalue weighted by molar-refractivity contribution is 5.76. The number of hydrogen-bond acceptors (Lipinski definition) is 14. The first kappa shape index (κ1) is 70.6. The van der Waals surface area contributed by atoms with Gasteiger partial charge in [-0.15, -0.1) is 0 Å². The summed E-state index contributed by atoms with van der Waals surface area (Å²) in [5, 5.41) is 43.5. The van der Waals surface area contributed by atoms with Crippen LogP contribution in [0.1, 0.15) is 265 Å². The molecule has 4 N–H and O–H groups in total. The second kappa shape index (κ2) is 53.1. The van der Waals surface area contributed by atoms with Gasteiger partial charge in [-0.1, -0.05) is 227 Å². The number of aliphatic hydroxyl groups excluding tert-OH is 4. The maximum absolute atomic E-state index is 12.8. The Labute approximate surface area is 446 Å². The van der Waals surface area contributed by atoms with Gasteiger partial charge in [-0.2, -0.15) is 0 Å². The van der Waals surface area contributed by atoms with E-state index in [2.05, 4.69) is 27.7 Å². The Kier molecular flexibility index (Phi) is 51.3. The Hall–Kier alpha value is -2.36. The number of aliphatic hydroxyl groups is 4. The maximum atomic E-state index is 12.8. The van der Waals surface area contributed by atoms with E-state index in [9.17, 15) is 39.6 Å².